The van der Waals surface area contributed by atoms with Crippen LogP contribution in [0.1, 0.15) is 6.92 Å². The van der Waals surface area contributed by atoms with Crippen LogP contribution in [0.25, 0.3) is 0 Å². The number of hydrogen-bond acceptors (Lipinski definition) is 4. The maximum atomic E-state index is 12.0. The van der Waals surface area contributed by atoms with Gasteiger partial charge in [0.25, 0.3) is 11.9 Å². The zero-order valence-corrected chi connectivity index (χ0v) is 11.1. The second kappa shape index (κ2) is 3.38. The zero-order chi connectivity index (χ0) is 11.2. The SMILES string of the molecule is CC1=Nn2cnnc2N(C)C(=O)C1(Br)Br. The Bertz CT molecular complexity index is 452. The lowest BCUT2D eigenvalue weighted by Gasteiger charge is -2.21. The minimum atomic E-state index is -0.977. The molecule has 1 aromatic rings. The summed E-state index contributed by atoms with van der Waals surface area (Å²) in [5.74, 6) is 0.190. The number of amides is 1. The largest absolute Gasteiger partial charge is 0.280 e. The Hall–Kier alpha value is -0.760. The van der Waals surface area contributed by atoms with E-state index in [1.54, 1.807) is 14.0 Å². The fraction of sp³-hybridized carbons (Fsp3) is 0.429. The molecule has 1 amide bonds. The molecule has 0 saturated carbocycles. The summed E-state index contributed by atoms with van der Waals surface area (Å²) < 4.78 is 0.479. The van der Waals surface area contributed by atoms with Crippen molar-refractivity contribution in [1.29, 1.82) is 0 Å². The third kappa shape index (κ3) is 1.51. The Morgan fingerprint density at radius 3 is 2.80 bits per heavy atom. The number of aromatic nitrogens is 3. The topological polar surface area (TPSA) is 63.4 Å². The fourth-order valence-electron chi connectivity index (χ4n) is 1.20. The van der Waals surface area contributed by atoms with E-state index in [9.17, 15) is 4.79 Å². The number of alkyl halides is 2. The van der Waals surface area contributed by atoms with E-state index in [1.165, 1.54) is 15.9 Å². The molecule has 6 nitrogen and oxygen atoms in total. The quantitative estimate of drug-likeness (QED) is 0.663. The van der Waals surface area contributed by atoms with Crippen molar-refractivity contribution in [3.8, 4) is 0 Å². The summed E-state index contributed by atoms with van der Waals surface area (Å²) in [7, 11) is 1.62. The summed E-state index contributed by atoms with van der Waals surface area (Å²) in [6, 6.07) is 0. The highest BCUT2D eigenvalue weighted by atomic mass is 79.9. The Balaban J connectivity index is 2.63. The van der Waals surface area contributed by atoms with Gasteiger partial charge >= 0.3 is 0 Å². The van der Waals surface area contributed by atoms with E-state index in [2.05, 4.69) is 47.2 Å². The second-order valence-corrected chi connectivity index (χ2v) is 6.54. The predicted molar refractivity (Wildman–Crippen MR) is 62.5 cm³/mol. The van der Waals surface area contributed by atoms with Crippen LogP contribution in [-0.4, -0.2) is 36.8 Å². The Morgan fingerprint density at radius 1 is 1.47 bits per heavy atom. The van der Waals surface area contributed by atoms with E-state index in [1.807, 2.05) is 0 Å². The van der Waals surface area contributed by atoms with Crippen molar-refractivity contribution in [3.05, 3.63) is 6.33 Å². The van der Waals surface area contributed by atoms with E-state index in [-0.39, 0.29) is 5.91 Å². The van der Waals surface area contributed by atoms with Crippen LogP contribution in [0.3, 0.4) is 0 Å². The van der Waals surface area contributed by atoms with E-state index in [4.69, 9.17) is 0 Å². The number of carbonyl (C=O) groups is 1. The van der Waals surface area contributed by atoms with Gasteiger partial charge in [0.2, 0.25) is 0 Å². The molecule has 0 fully saturated rings. The van der Waals surface area contributed by atoms with Gasteiger partial charge in [-0.2, -0.15) is 9.78 Å². The maximum absolute atomic E-state index is 12.0. The van der Waals surface area contributed by atoms with Gasteiger partial charge < -0.3 is 0 Å². The highest BCUT2D eigenvalue weighted by Crippen LogP contribution is 2.33. The molecule has 1 aliphatic heterocycles. The molecule has 2 rings (SSSR count). The highest BCUT2D eigenvalue weighted by Gasteiger charge is 2.42. The first kappa shape index (κ1) is 10.7. The van der Waals surface area contributed by atoms with Crippen molar-refractivity contribution >= 4 is 49.4 Å². The van der Waals surface area contributed by atoms with Crippen LogP contribution in [0.2, 0.25) is 0 Å². The fourth-order valence-corrected chi connectivity index (χ4v) is 1.89. The number of carbonyl (C=O) groups excluding carboxylic acids is 1. The molecule has 0 radical (unpaired) electrons. The molecule has 0 unspecified atom stereocenters. The first-order chi connectivity index (χ1) is 6.94. The number of anilines is 1. The molecule has 0 N–H and O–H groups in total. The summed E-state index contributed by atoms with van der Waals surface area (Å²) in [5, 5.41) is 11.7. The zero-order valence-electron chi connectivity index (χ0n) is 7.98. The van der Waals surface area contributed by atoms with Gasteiger partial charge in [0, 0.05) is 7.05 Å². The van der Waals surface area contributed by atoms with E-state index in [0.717, 1.165) is 0 Å². The van der Waals surface area contributed by atoms with Gasteiger partial charge in [0.05, 0.1) is 5.71 Å². The van der Waals surface area contributed by atoms with Gasteiger partial charge in [-0.05, 0) is 6.92 Å². The van der Waals surface area contributed by atoms with Crippen LogP contribution < -0.4 is 4.90 Å². The molecule has 2 heterocycles. The Kier molecular flexibility index (Phi) is 2.42. The minimum absolute atomic E-state index is 0.199. The van der Waals surface area contributed by atoms with Crippen LogP contribution >= 0.6 is 31.9 Å². The molecule has 1 aliphatic rings. The van der Waals surface area contributed by atoms with Gasteiger partial charge in [-0.15, -0.1) is 10.2 Å². The smallest absolute Gasteiger partial charge is 0.262 e. The third-order valence-corrected chi connectivity index (χ3v) is 3.92. The van der Waals surface area contributed by atoms with Crippen LogP contribution in [0.15, 0.2) is 11.4 Å². The van der Waals surface area contributed by atoms with Crippen LogP contribution in [0.5, 0.6) is 0 Å². The summed E-state index contributed by atoms with van der Waals surface area (Å²) in [4.78, 5) is 13.4. The van der Waals surface area contributed by atoms with Crippen molar-refractivity contribution in [2.45, 2.75) is 10.2 Å². The average Bonchev–Trinajstić information content (AvgIpc) is 2.60. The second-order valence-electron chi connectivity index (χ2n) is 3.10. The van der Waals surface area contributed by atoms with E-state index < -0.39 is 3.23 Å². The molecule has 0 saturated heterocycles. The molecule has 0 aliphatic carbocycles. The van der Waals surface area contributed by atoms with Crippen molar-refractivity contribution in [3.63, 3.8) is 0 Å². The molecule has 80 valence electrons. The van der Waals surface area contributed by atoms with Gasteiger partial charge in [-0.1, -0.05) is 31.9 Å². The number of nitrogens with zero attached hydrogens (tertiary/aromatic N) is 5. The summed E-state index contributed by atoms with van der Waals surface area (Å²) >= 11 is 6.58. The molecule has 0 aromatic carbocycles. The van der Waals surface area contributed by atoms with E-state index in [0.29, 0.717) is 11.7 Å². The summed E-state index contributed by atoms with van der Waals surface area (Å²) in [5.41, 5.74) is 0.581. The number of rotatable bonds is 0. The molecule has 0 atom stereocenters. The van der Waals surface area contributed by atoms with Crippen molar-refractivity contribution in [1.82, 2.24) is 14.9 Å². The summed E-state index contributed by atoms with van der Waals surface area (Å²) in [6.07, 6.45) is 1.45. The van der Waals surface area contributed by atoms with Gasteiger partial charge in [-0.25, -0.2) is 0 Å². The van der Waals surface area contributed by atoms with Crippen molar-refractivity contribution < 1.29 is 4.79 Å². The summed E-state index contributed by atoms with van der Waals surface area (Å²) in [6.45, 7) is 1.74. The lowest BCUT2D eigenvalue weighted by Crippen LogP contribution is -2.42. The molecule has 0 bridgehead atoms. The molecule has 15 heavy (non-hydrogen) atoms. The first-order valence-electron chi connectivity index (χ1n) is 4.06. The average molecular weight is 337 g/mol. The van der Waals surface area contributed by atoms with Crippen LogP contribution in [-0.2, 0) is 4.79 Å². The monoisotopic (exact) mass is 335 g/mol. The number of fused-ring (bicyclic) bond motifs is 1. The minimum Gasteiger partial charge on any atom is -0.280 e. The van der Waals surface area contributed by atoms with Crippen molar-refractivity contribution in [2.75, 3.05) is 11.9 Å². The highest BCUT2D eigenvalue weighted by molar-refractivity contribution is 9.26. The van der Waals surface area contributed by atoms with Gasteiger partial charge in [0.15, 0.2) is 3.23 Å². The maximum Gasteiger partial charge on any atom is 0.262 e. The standard InChI is InChI=1S/C7H7Br2N5O/c1-4-7(8,9)5(15)13(2)6-11-10-3-14(6)12-4/h3H,1-2H3. The molecule has 8 heteroatoms. The molecular weight excluding hydrogens is 330 g/mol. The normalized spacial score (nSPS) is 19.6. The van der Waals surface area contributed by atoms with Crippen LogP contribution in [0.4, 0.5) is 5.95 Å². The Labute approximate surface area is 103 Å². The predicted octanol–water partition coefficient (Wildman–Crippen LogP) is 0.965. The lowest BCUT2D eigenvalue weighted by atomic mass is 10.3. The molecule has 1 aromatic heterocycles. The third-order valence-electron chi connectivity index (χ3n) is 2.10. The molecular formula is C7H7Br2N5O. The van der Waals surface area contributed by atoms with Gasteiger partial charge in [0.1, 0.15) is 6.33 Å². The Morgan fingerprint density at radius 2 is 2.13 bits per heavy atom. The van der Waals surface area contributed by atoms with Gasteiger partial charge in [-0.3, -0.25) is 9.69 Å². The molecule has 0 spiro atoms. The van der Waals surface area contributed by atoms with Crippen LogP contribution in [0, 0.1) is 0 Å². The first-order valence-corrected chi connectivity index (χ1v) is 5.65. The number of hydrogen-bond donors (Lipinski definition) is 0. The lowest BCUT2D eigenvalue weighted by molar-refractivity contribution is -0.117. The van der Waals surface area contributed by atoms with E-state index >= 15 is 0 Å². The number of halogens is 2. The van der Waals surface area contributed by atoms with Crippen molar-refractivity contribution in [2.24, 2.45) is 5.10 Å².